The number of rotatable bonds is 4. The van der Waals surface area contributed by atoms with Gasteiger partial charge in [0.25, 0.3) is 0 Å². The largest absolute Gasteiger partial charge is 0.481 e. The van der Waals surface area contributed by atoms with Gasteiger partial charge in [0.1, 0.15) is 0 Å². The molecule has 3 heteroatoms. The Bertz CT molecular complexity index is 342. The van der Waals surface area contributed by atoms with E-state index < -0.39 is 11.4 Å². The fraction of sp³-hybridized carbons (Fsp3) is 0.941. The van der Waals surface area contributed by atoms with Crippen molar-refractivity contribution >= 4 is 5.97 Å². The van der Waals surface area contributed by atoms with Crippen LogP contribution in [0.15, 0.2) is 0 Å². The molecule has 1 saturated heterocycles. The summed E-state index contributed by atoms with van der Waals surface area (Å²) in [5.74, 6) is 0.884. The van der Waals surface area contributed by atoms with Gasteiger partial charge in [0.15, 0.2) is 0 Å². The van der Waals surface area contributed by atoms with Crippen LogP contribution in [0.4, 0.5) is 0 Å². The predicted octanol–water partition coefficient (Wildman–Crippen LogP) is 3.78. The third-order valence-corrected chi connectivity index (χ3v) is 5.84. The van der Waals surface area contributed by atoms with Crippen molar-refractivity contribution in [3.8, 4) is 0 Å². The van der Waals surface area contributed by atoms with Crippen LogP contribution in [-0.4, -0.2) is 35.1 Å². The molecule has 2 rings (SSSR count). The molecule has 1 N–H and O–H groups in total. The molecule has 3 unspecified atom stereocenters. The minimum absolute atomic E-state index is 0.489. The van der Waals surface area contributed by atoms with Crippen molar-refractivity contribution in [3.05, 3.63) is 0 Å². The van der Waals surface area contributed by atoms with E-state index in [9.17, 15) is 9.90 Å². The molecule has 0 aromatic carbocycles. The van der Waals surface area contributed by atoms with E-state index in [2.05, 4.69) is 18.7 Å². The van der Waals surface area contributed by atoms with Crippen LogP contribution in [0.3, 0.4) is 0 Å². The highest BCUT2D eigenvalue weighted by Crippen LogP contribution is 2.40. The Labute approximate surface area is 123 Å². The highest BCUT2D eigenvalue weighted by Gasteiger charge is 2.44. The molecule has 0 aromatic rings. The summed E-state index contributed by atoms with van der Waals surface area (Å²) in [5, 5.41) is 9.65. The van der Waals surface area contributed by atoms with E-state index in [1.807, 2.05) is 6.92 Å². The molecule has 2 fully saturated rings. The Hall–Kier alpha value is -0.570. The van der Waals surface area contributed by atoms with Gasteiger partial charge in [-0.15, -0.1) is 0 Å². The van der Waals surface area contributed by atoms with Gasteiger partial charge in [-0.05, 0) is 50.5 Å². The molecule has 0 aromatic heterocycles. The first-order chi connectivity index (χ1) is 9.50. The predicted molar refractivity (Wildman–Crippen MR) is 81.8 cm³/mol. The van der Waals surface area contributed by atoms with Gasteiger partial charge in [0.05, 0.1) is 5.41 Å². The lowest BCUT2D eigenvalue weighted by Crippen LogP contribution is -2.54. The molecule has 0 amide bonds. The van der Waals surface area contributed by atoms with Gasteiger partial charge in [-0.25, -0.2) is 0 Å². The number of carboxylic acids is 1. The van der Waals surface area contributed by atoms with Crippen LogP contribution in [0.1, 0.15) is 65.7 Å². The average Bonchev–Trinajstić information content (AvgIpc) is 2.47. The topological polar surface area (TPSA) is 40.5 Å². The van der Waals surface area contributed by atoms with Crippen LogP contribution in [0.25, 0.3) is 0 Å². The van der Waals surface area contributed by atoms with Crippen LogP contribution in [0, 0.1) is 17.3 Å². The van der Waals surface area contributed by atoms with Crippen LogP contribution in [0.5, 0.6) is 0 Å². The molecule has 1 aliphatic carbocycles. The lowest BCUT2D eigenvalue weighted by Gasteiger charge is -2.48. The molecule has 20 heavy (non-hydrogen) atoms. The van der Waals surface area contributed by atoms with E-state index in [0.29, 0.717) is 12.0 Å². The SMILES string of the molecule is CCC1(C(=O)O)CCCN(C2CCCCC2C(C)C)C1. The smallest absolute Gasteiger partial charge is 0.310 e. The monoisotopic (exact) mass is 281 g/mol. The summed E-state index contributed by atoms with van der Waals surface area (Å²) < 4.78 is 0. The van der Waals surface area contributed by atoms with E-state index >= 15 is 0 Å². The number of hydrogen-bond donors (Lipinski definition) is 1. The zero-order valence-corrected chi connectivity index (χ0v) is 13.4. The third-order valence-electron chi connectivity index (χ3n) is 5.84. The van der Waals surface area contributed by atoms with E-state index in [-0.39, 0.29) is 0 Å². The van der Waals surface area contributed by atoms with Crippen molar-refractivity contribution in [2.75, 3.05) is 13.1 Å². The fourth-order valence-corrected chi connectivity index (χ4v) is 4.44. The van der Waals surface area contributed by atoms with Crippen molar-refractivity contribution in [2.45, 2.75) is 71.8 Å². The maximum absolute atomic E-state index is 11.7. The zero-order valence-electron chi connectivity index (χ0n) is 13.4. The van der Waals surface area contributed by atoms with E-state index in [0.717, 1.165) is 38.3 Å². The summed E-state index contributed by atoms with van der Waals surface area (Å²) >= 11 is 0. The lowest BCUT2D eigenvalue weighted by atomic mass is 9.73. The number of hydrogen-bond acceptors (Lipinski definition) is 2. The molecule has 3 atom stereocenters. The maximum atomic E-state index is 11.7. The number of carbonyl (C=O) groups is 1. The summed E-state index contributed by atoms with van der Waals surface area (Å²) in [6.07, 6.45) is 7.92. The average molecular weight is 281 g/mol. The molecular weight excluding hydrogens is 250 g/mol. The van der Waals surface area contributed by atoms with Crippen LogP contribution < -0.4 is 0 Å². The number of piperidine rings is 1. The molecule has 2 aliphatic rings. The number of aliphatic carboxylic acids is 1. The molecular formula is C17H31NO2. The molecule has 0 radical (unpaired) electrons. The highest BCUT2D eigenvalue weighted by molar-refractivity contribution is 5.75. The van der Waals surface area contributed by atoms with Crippen LogP contribution in [-0.2, 0) is 4.79 Å². The first kappa shape index (κ1) is 15.8. The van der Waals surface area contributed by atoms with Crippen molar-refractivity contribution in [2.24, 2.45) is 17.3 Å². The molecule has 1 aliphatic heterocycles. The van der Waals surface area contributed by atoms with Gasteiger partial charge in [-0.2, -0.15) is 0 Å². The van der Waals surface area contributed by atoms with Gasteiger partial charge >= 0.3 is 5.97 Å². The van der Waals surface area contributed by atoms with E-state index in [1.165, 1.54) is 25.7 Å². The Kier molecular flexibility index (Phi) is 5.11. The maximum Gasteiger partial charge on any atom is 0.310 e. The van der Waals surface area contributed by atoms with Gasteiger partial charge in [-0.1, -0.05) is 33.6 Å². The number of nitrogens with zero attached hydrogens (tertiary/aromatic N) is 1. The van der Waals surface area contributed by atoms with Gasteiger partial charge in [0.2, 0.25) is 0 Å². The standard InChI is InChI=1S/C17H31NO2/c1-4-17(16(19)20)10-7-11-18(12-17)15-9-6-5-8-14(15)13(2)3/h13-15H,4-12H2,1-3H3,(H,19,20). The summed E-state index contributed by atoms with van der Waals surface area (Å²) in [4.78, 5) is 14.3. The second-order valence-electron chi connectivity index (χ2n) is 7.27. The summed E-state index contributed by atoms with van der Waals surface area (Å²) in [5.41, 5.74) is -0.489. The molecule has 3 nitrogen and oxygen atoms in total. The Morgan fingerprint density at radius 1 is 1.30 bits per heavy atom. The van der Waals surface area contributed by atoms with Crippen molar-refractivity contribution in [1.82, 2.24) is 4.90 Å². The minimum atomic E-state index is -0.582. The van der Waals surface area contributed by atoms with Crippen molar-refractivity contribution in [3.63, 3.8) is 0 Å². The first-order valence-corrected chi connectivity index (χ1v) is 8.47. The molecule has 1 heterocycles. The zero-order chi connectivity index (χ0) is 14.8. The second kappa shape index (κ2) is 6.46. The van der Waals surface area contributed by atoms with Gasteiger partial charge < -0.3 is 5.11 Å². The van der Waals surface area contributed by atoms with Crippen molar-refractivity contribution in [1.29, 1.82) is 0 Å². The highest BCUT2D eigenvalue weighted by atomic mass is 16.4. The molecule has 0 bridgehead atoms. The van der Waals surface area contributed by atoms with Crippen LogP contribution >= 0.6 is 0 Å². The number of carboxylic acid groups (broad SMARTS) is 1. The molecule has 116 valence electrons. The number of likely N-dealkylation sites (tertiary alicyclic amines) is 1. The Morgan fingerprint density at radius 2 is 2.00 bits per heavy atom. The first-order valence-electron chi connectivity index (χ1n) is 8.47. The Morgan fingerprint density at radius 3 is 2.60 bits per heavy atom. The minimum Gasteiger partial charge on any atom is -0.481 e. The quantitative estimate of drug-likeness (QED) is 0.852. The van der Waals surface area contributed by atoms with Gasteiger partial charge in [0, 0.05) is 12.6 Å². The van der Waals surface area contributed by atoms with Crippen molar-refractivity contribution < 1.29 is 9.90 Å². The second-order valence-corrected chi connectivity index (χ2v) is 7.27. The van der Waals surface area contributed by atoms with E-state index in [1.54, 1.807) is 0 Å². The van der Waals surface area contributed by atoms with E-state index in [4.69, 9.17) is 0 Å². The lowest BCUT2D eigenvalue weighted by molar-refractivity contribution is -0.154. The summed E-state index contributed by atoms with van der Waals surface area (Å²) in [6, 6.07) is 0.620. The third kappa shape index (κ3) is 3.03. The summed E-state index contributed by atoms with van der Waals surface area (Å²) in [7, 11) is 0. The van der Waals surface area contributed by atoms with Crippen LogP contribution in [0.2, 0.25) is 0 Å². The Balaban J connectivity index is 2.12. The summed E-state index contributed by atoms with van der Waals surface area (Å²) in [6.45, 7) is 8.57. The fourth-order valence-electron chi connectivity index (χ4n) is 4.44. The molecule has 0 spiro atoms. The van der Waals surface area contributed by atoms with Gasteiger partial charge in [-0.3, -0.25) is 9.69 Å². The molecule has 1 saturated carbocycles. The normalized spacial score (nSPS) is 36.2.